The highest BCUT2D eigenvalue weighted by molar-refractivity contribution is 5.93. The second-order valence-corrected chi connectivity index (χ2v) is 6.06. The Bertz CT molecular complexity index is 801. The van der Waals surface area contributed by atoms with Crippen LogP contribution in [0.25, 0.3) is 0 Å². The van der Waals surface area contributed by atoms with Gasteiger partial charge in [-0.05, 0) is 31.0 Å². The molecule has 4 nitrogen and oxygen atoms in total. The predicted octanol–water partition coefficient (Wildman–Crippen LogP) is 4.44. The first-order valence-corrected chi connectivity index (χ1v) is 8.41. The minimum Gasteiger partial charge on any atom is -0.452 e. The Hall–Kier alpha value is -2.83. The van der Waals surface area contributed by atoms with Crippen molar-refractivity contribution >= 4 is 11.9 Å². The molecule has 1 atom stereocenters. The summed E-state index contributed by atoms with van der Waals surface area (Å²) in [4.78, 5) is 24.0. The van der Waals surface area contributed by atoms with Gasteiger partial charge in [0.2, 0.25) is 0 Å². The highest BCUT2D eigenvalue weighted by Crippen LogP contribution is 2.32. The second-order valence-electron chi connectivity index (χ2n) is 6.06. The van der Waals surface area contributed by atoms with E-state index in [9.17, 15) is 22.8 Å². The van der Waals surface area contributed by atoms with E-state index in [1.165, 1.54) is 12.1 Å². The van der Waals surface area contributed by atoms with E-state index in [2.05, 4.69) is 5.32 Å². The van der Waals surface area contributed by atoms with Gasteiger partial charge in [0, 0.05) is 0 Å². The lowest BCUT2D eigenvalue weighted by molar-refractivity contribution is -0.138. The molecule has 2 rings (SSSR count). The van der Waals surface area contributed by atoms with Gasteiger partial charge >= 0.3 is 12.1 Å². The number of carbonyl (C=O) groups excluding carboxylic acids is 2. The third-order valence-corrected chi connectivity index (χ3v) is 4.01. The molecule has 27 heavy (non-hydrogen) atoms. The number of amides is 1. The van der Waals surface area contributed by atoms with Crippen molar-refractivity contribution in [2.75, 3.05) is 6.61 Å². The molecule has 0 aromatic heterocycles. The maximum atomic E-state index is 13.0. The molecule has 2 aromatic rings. The number of hydrogen-bond acceptors (Lipinski definition) is 3. The number of benzene rings is 2. The molecule has 2 aromatic carbocycles. The average molecular weight is 379 g/mol. The first-order chi connectivity index (χ1) is 12.7. The predicted molar refractivity (Wildman–Crippen MR) is 94.1 cm³/mol. The van der Waals surface area contributed by atoms with Gasteiger partial charge in [-0.15, -0.1) is 0 Å². The highest BCUT2D eigenvalue weighted by atomic mass is 19.4. The molecule has 0 aliphatic heterocycles. The lowest BCUT2D eigenvalue weighted by Gasteiger charge is -2.18. The maximum Gasteiger partial charge on any atom is 0.417 e. The van der Waals surface area contributed by atoms with E-state index in [1.54, 1.807) is 0 Å². The number of hydrogen-bond donors (Lipinski definition) is 1. The molecule has 0 aliphatic carbocycles. The molecule has 0 radical (unpaired) electrons. The number of ether oxygens (including phenoxy) is 1. The fraction of sp³-hybridized carbons (Fsp3) is 0.300. The molecule has 0 aliphatic rings. The lowest BCUT2D eigenvalue weighted by atomic mass is 10.0. The Kier molecular flexibility index (Phi) is 6.60. The number of nitrogens with one attached hydrogen (secondary N) is 1. The summed E-state index contributed by atoms with van der Waals surface area (Å²) in [5, 5.41) is 2.72. The summed E-state index contributed by atoms with van der Waals surface area (Å²) in [5.74, 6) is -1.78. The van der Waals surface area contributed by atoms with Crippen LogP contribution in [0.15, 0.2) is 48.5 Å². The van der Waals surface area contributed by atoms with E-state index in [-0.39, 0.29) is 6.04 Å². The summed E-state index contributed by atoms with van der Waals surface area (Å²) < 4.78 is 43.6. The van der Waals surface area contributed by atoms with Crippen LogP contribution in [0.1, 0.15) is 46.4 Å². The minimum atomic E-state index is -4.68. The largest absolute Gasteiger partial charge is 0.452 e. The number of alkyl halides is 3. The molecule has 0 fully saturated rings. The molecule has 1 N–H and O–H groups in total. The van der Waals surface area contributed by atoms with E-state index < -0.39 is 35.8 Å². The SMILES string of the molecule is CC[C@@H](NC(=O)COC(=O)c1ccccc1C(F)(F)F)c1ccc(C)cc1. The fourth-order valence-electron chi connectivity index (χ4n) is 2.57. The smallest absolute Gasteiger partial charge is 0.417 e. The van der Waals surface area contributed by atoms with Crippen molar-refractivity contribution in [1.82, 2.24) is 5.32 Å². The van der Waals surface area contributed by atoms with E-state index >= 15 is 0 Å². The number of carbonyl (C=O) groups is 2. The molecular formula is C20H20F3NO3. The van der Waals surface area contributed by atoms with E-state index in [0.29, 0.717) is 6.42 Å². The molecule has 7 heteroatoms. The van der Waals surface area contributed by atoms with Crippen LogP contribution in [0.3, 0.4) is 0 Å². The van der Waals surface area contributed by atoms with Gasteiger partial charge in [-0.1, -0.05) is 48.9 Å². The van der Waals surface area contributed by atoms with Crippen LogP contribution >= 0.6 is 0 Å². The van der Waals surface area contributed by atoms with Crippen LogP contribution < -0.4 is 5.32 Å². The number of aryl methyl sites for hydroxylation is 1. The lowest BCUT2D eigenvalue weighted by Crippen LogP contribution is -2.32. The first kappa shape index (κ1) is 20.5. The van der Waals surface area contributed by atoms with Crippen LogP contribution in [0.4, 0.5) is 13.2 Å². The molecule has 0 bridgehead atoms. The summed E-state index contributed by atoms with van der Waals surface area (Å²) in [6.07, 6.45) is -4.07. The Morgan fingerprint density at radius 1 is 1.07 bits per heavy atom. The second kappa shape index (κ2) is 8.70. The molecule has 144 valence electrons. The van der Waals surface area contributed by atoms with Crippen LogP contribution in [-0.2, 0) is 15.7 Å². The summed E-state index contributed by atoms with van der Waals surface area (Å²) in [7, 11) is 0. The zero-order valence-corrected chi connectivity index (χ0v) is 15.0. The van der Waals surface area contributed by atoms with Crippen LogP contribution in [0.5, 0.6) is 0 Å². The van der Waals surface area contributed by atoms with Gasteiger partial charge in [0.25, 0.3) is 5.91 Å². The van der Waals surface area contributed by atoms with E-state index in [0.717, 1.165) is 23.3 Å². The Morgan fingerprint density at radius 2 is 1.70 bits per heavy atom. The molecule has 0 unspecified atom stereocenters. The van der Waals surface area contributed by atoms with Gasteiger partial charge < -0.3 is 10.1 Å². The quantitative estimate of drug-likeness (QED) is 0.755. The molecule has 1 amide bonds. The summed E-state index contributed by atoms with van der Waals surface area (Å²) in [5.41, 5.74) is 0.257. The van der Waals surface area contributed by atoms with Crippen molar-refractivity contribution in [1.29, 1.82) is 0 Å². The van der Waals surface area contributed by atoms with Crippen molar-refractivity contribution < 1.29 is 27.5 Å². The molecule has 0 spiro atoms. The fourth-order valence-corrected chi connectivity index (χ4v) is 2.57. The number of esters is 1. The summed E-state index contributed by atoms with van der Waals surface area (Å²) >= 11 is 0. The molecule has 0 saturated carbocycles. The topological polar surface area (TPSA) is 55.4 Å². The van der Waals surface area contributed by atoms with Gasteiger partial charge in [0.15, 0.2) is 6.61 Å². The van der Waals surface area contributed by atoms with Crippen molar-refractivity contribution in [2.45, 2.75) is 32.5 Å². The van der Waals surface area contributed by atoms with Crippen molar-refractivity contribution in [2.24, 2.45) is 0 Å². The van der Waals surface area contributed by atoms with Crippen molar-refractivity contribution in [3.05, 3.63) is 70.8 Å². The molecule has 0 saturated heterocycles. The zero-order chi connectivity index (χ0) is 20.0. The van der Waals surface area contributed by atoms with E-state index in [1.807, 2.05) is 38.1 Å². The van der Waals surface area contributed by atoms with Gasteiger partial charge in [0.05, 0.1) is 17.2 Å². The third-order valence-electron chi connectivity index (χ3n) is 4.01. The molecule has 0 heterocycles. The third kappa shape index (κ3) is 5.57. The maximum absolute atomic E-state index is 13.0. The van der Waals surface area contributed by atoms with Crippen molar-refractivity contribution in [3.63, 3.8) is 0 Å². The zero-order valence-electron chi connectivity index (χ0n) is 15.0. The molecular weight excluding hydrogens is 359 g/mol. The van der Waals surface area contributed by atoms with Crippen LogP contribution in [0, 0.1) is 6.92 Å². The first-order valence-electron chi connectivity index (χ1n) is 8.41. The van der Waals surface area contributed by atoms with Gasteiger partial charge in [0.1, 0.15) is 0 Å². The number of rotatable bonds is 6. The Labute approximate surface area is 155 Å². The Morgan fingerprint density at radius 3 is 2.30 bits per heavy atom. The average Bonchev–Trinajstić information content (AvgIpc) is 2.64. The number of halogens is 3. The van der Waals surface area contributed by atoms with E-state index in [4.69, 9.17) is 4.74 Å². The Balaban J connectivity index is 1.99. The highest BCUT2D eigenvalue weighted by Gasteiger charge is 2.35. The standard InChI is InChI=1S/C20H20F3NO3/c1-3-17(14-10-8-13(2)9-11-14)24-18(25)12-27-19(26)15-6-4-5-7-16(15)20(21,22)23/h4-11,17H,3,12H2,1-2H3,(H,24,25)/t17-/m1/s1. The van der Waals surface area contributed by atoms with Crippen molar-refractivity contribution in [3.8, 4) is 0 Å². The van der Waals surface area contributed by atoms with Gasteiger partial charge in [-0.2, -0.15) is 13.2 Å². The van der Waals surface area contributed by atoms with Crippen LogP contribution in [0.2, 0.25) is 0 Å². The normalized spacial score (nSPS) is 12.3. The van der Waals surface area contributed by atoms with Gasteiger partial charge in [-0.25, -0.2) is 4.79 Å². The van der Waals surface area contributed by atoms with Crippen LogP contribution in [-0.4, -0.2) is 18.5 Å². The summed E-state index contributed by atoms with van der Waals surface area (Å²) in [6.45, 7) is 3.17. The summed E-state index contributed by atoms with van der Waals surface area (Å²) in [6, 6.07) is 11.6. The monoisotopic (exact) mass is 379 g/mol. The van der Waals surface area contributed by atoms with Gasteiger partial charge in [-0.3, -0.25) is 4.79 Å². The minimum absolute atomic E-state index is 0.278.